The van der Waals surface area contributed by atoms with Gasteiger partial charge in [0.25, 0.3) is 0 Å². The molecule has 3 heteroatoms. The van der Waals surface area contributed by atoms with Crippen LogP contribution in [0, 0.1) is 5.82 Å². The molecule has 0 aromatic heterocycles. The molecule has 0 fully saturated rings. The van der Waals surface area contributed by atoms with Crippen molar-refractivity contribution in [1.29, 1.82) is 0 Å². The lowest BCUT2D eigenvalue weighted by Crippen LogP contribution is -2.02. The van der Waals surface area contributed by atoms with E-state index in [1.807, 2.05) is 0 Å². The van der Waals surface area contributed by atoms with Gasteiger partial charge < -0.3 is 10.8 Å². The molecule has 0 aliphatic heterocycles. The van der Waals surface area contributed by atoms with Crippen molar-refractivity contribution >= 4 is 0 Å². The number of halogens is 1. The molecular weight excluding hydrogens is 145 g/mol. The minimum Gasteiger partial charge on any atom is -0.508 e. The molecule has 0 atom stereocenters. The Bertz CT molecular complexity index is 250. The van der Waals surface area contributed by atoms with Gasteiger partial charge in [-0.15, -0.1) is 0 Å². The quantitative estimate of drug-likeness (QED) is 0.670. The number of hydrogen-bond acceptors (Lipinski definition) is 2. The van der Waals surface area contributed by atoms with E-state index in [1.54, 1.807) is 0 Å². The summed E-state index contributed by atoms with van der Waals surface area (Å²) in [5, 5.41) is 9.14. The summed E-state index contributed by atoms with van der Waals surface area (Å²) in [5.41, 5.74) is 5.81. The fourth-order valence-electron chi connectivity index (χ4n) is 0.910. The molecular formula is C8H10FNO. The molecule has 11 heavy (non-hydrogen) atoms. The summed E-state index contributed by atoms with van der Waals surface area (Å²) in [4.78, 5) is 0. The van der Waals surface area contributed by atoms with Crippen LogP contribution in [0.15, 0.2) is 18.2 Å². The van der Waals surface area contributed by atoms with Gasteiger partial charge in [-0.3, -0.25) is 0 Å². The maximum absolute atomic E-state index is 12.5. The van der Waals surface area contributed by atoms with Crippen molar-refractivity contribution in [1.82, 2.24) is 0 Å². The number of hydrogen-bond donors (Lipinski definition) is 2. The third kappa shape index (κ3) is 1.91. The van der Waals surface area contributed by atoms with Crippen LogP contribution in [0.25, 0.3) is 0 Å². The molecule has 60 valence electrons. The largest absolute Gasteiger partial charge is 0.508 e. The van der Waals surface area contributed by atoms with Crippen molar-refractivity contribution in [2.24, 2.45) is 5.73 Å². The molecule has 0 unspecified atom stereocenters. The molecule has 0 amide bonds. The molecule has 0 aliphatic rings. The maximum Gasteiger partial charge on any atom is 0.123 e. The molecule has 0 saturated carbocycles. The molecule has 1 rings (SSSR count). The fraction of sp³-hybridized carbons (Fsp3) is 0.250. The Morgan fingerprint density at radius 1 is 1.45 bits per heavy atom. The minimum absolute atomic E-state index is 0.108. The summed E-state index contributed by atoms with van der Waals surface area (Å²) in [5.74, 6) is -0.233. The van der Waals surface area contributed by atoms with Gasteiger partial charge >= 0.3 is 0 Å². The molecule has 2 nitrogen and oxygen atoms in total. The van der Waals surface area contributed by atoms with Crippen LogP contribution >= 0.6 is 0 Å². The van der Waals surface area contributed by atoms with Crippen molar-refractivity contribution in [3.63, 3.8) is 0 Å². The molecule has 0 radical (unpaired) electrons. The number of phenols is 1. The molecule has 1 aromatic carbocycles. The van der Waals surface area contributed by atoms with Crippen LogP contribution < -0.4 is 5.73 Å². The number of nitrogens with two attached hydrogens (primary N) is 1. The Morgan fingerprint density at radius 2 is 2.18 bits per heavy atom. The first-order valence-electron chi connectivity index (χ1n) is 3.41. The molecule has 0 saturated heterocycles. The van der Waals surface area contributed by atoms with E-state index in [9.17, 15) is 4.39 Å². The van der Waals surface area contributed by atoms with Crippen LogP contribution in [0.3, 0.4) is 0 Å². The lowest BCUT2D eigenvalue weighted by atomic mass is 10.1. The zero-order valence-electron chi connectivity index (χ0n) is 6.05. The second kappa shape index (κ2) is 3.34. The lowest BCUT2D eigenvalue weighted by Gasteiger charge is -2.01. The fourth-order valence-corrected chi connectivity index (χ4v) is 0.910. The first-order chi connectivity index (χ1) is 5.24. The Morgan fingerprint density at radius 3 is 2.82 bits per heavy atom. The zero-order valence-corrected chi connectivity index (χ0v) is 6.05. The van der Waals surface area contributed by atoms with Crippen LogP contribution in [-0.2, 0) is 6.42 Å². The Labute approximate surface area is 64.5 Å². The van der Waals surface area contributed by atoms with Crippen LogP contribution in [-0.4, -0.2) is 11.7 Å². The molecule has 1 aromatic rings. The van der Waals surface area contributed by atoms with Crippen LogP contribution in [0.2, 0.25) is 0 Å². The molecule has 0 aliphatic carbocycles. The van der Waals surface area contributed by atoms with Crippen molar-refractivity contribution in [3.05, 3.63) is 29.6 Å². The van der Waals surface area contributed by atoms with E-state index in [0.717, 1.165) is 0 Å². The van der Waals surface area contributed by atoms with E-state index in [4.69, 9.17) is 10.8 Å². The average molecular weight is 155 g/mol. The minimum atomic E-state index is -0.341. The first-order valence-corrected chi connectivity index (χ1v) is 3.41. The summed E-state index contributed by atoms with van der Waals surface area (Å²) < 4.78 is 12.5. The Hall–Kier alpha value is -1.09. The van der Waals surface area contributed by atoms with E-state index < -0.39 is 0 Å². The van der Waals surface area contributed by atoms with E-state index in [2.05, 4.69) is 0 Å². The van der Waals surface area contributed by atoms with E-state index in [0.29, 0.717) is 18.5 Å². The molecule has 0 spiro atoms. The SMILES string of the molecule is NCCc1cc(F)ccc1O. The highest BCUT2D eigenvalue weighted by atomic mass is 19.1. The molecule has 0 bridgehead atoms. The van der Waals surface area contributed by atoms with E-state index >= 15 is 0 Å². The lowest BCUT2D eigenvalue weighted by molar-refractivity contribution is 0.465. The van der Waals surface area contributed by atoms with Crippen LogP contribution in [0.5, 0.6) is 5.75 Å². The third-order valence-corrected chi connectivity index (χ3v) is 1.46. The van der Waals surface area contributed by atoms with Gasteiger partial charge in [-0.1, -0.05) is 0 Å². The third-order valence-electron chi connectivity index (χ3n) is 1.46. The van der Waals surface area contributed by atoms with Gasteiger partial charge in [-0.2, -0.15) is 0 Å². The second-order valence-corrected chi connectivity index (χ2v) is 2.31. The first kappa shape index (κ1) is 8.01. The summed E-state index contributed by atoms with van der Waals surface area (Å²) in [7, 11) is 0. The van der Waals surface area contributed by atoms with Gasteiger partial charge in [0.1, 0.15) is 11.6 Å². The van der Waals surface area contributed by atoms with Crippen molar-refractivity contribution < 1.29 is 9.50 Å². The smallest absolute Gasteiger partial charge is 0.123 e. The van der Waals surface area contributed by atoms with Gasteiger partial charge in [-0.05, 0) is 36.7 Å². The standard InChI is InChI=1S/C8H10FNO/c9-7-1-2-8(11)6(5-7)3-4-10/h1-2,5,11H,3-4,10H2. The molecule has 3 N–H and O–H groups in total. The van der Waals surface area contributed by atoms with Gasteiger partial charge in [-0.25, -0.2) is 4.39 Å². The van der Waals surface area contributed by atoms with Crippen molar-refractivity contribution in [2.75, 3.05) is 6.54 Å². The number of aromatic hydroxyl groups is 1. The van der Waals surface area contributed by atoms with Gasteiger partial charge in [0.2, 0.25) is 0 Å². The van der Waals surface area contributed by atoms with Crippen LogP contribution in [0.1, 0.15) is 5.56 Å². The highest BCUT2D eigenvalue weighted by molar-refractivity contribution is 5.32. The van der Waals surface area contributed by atoms with Crippen molar-refractivity contribution in [3.8, 4) is 5.75 Å². The monoisotopic (exact) mass is 155 g/mol. The Kier molecular flexibility index (Phi) is 2.44. The van der Waals surface area contributed by atoms with Gasteiger partial charge in [0.05, 0.1) is 0 Å². The van der Waals surface area contributed by atoms with Crippen LogP contribution in [0.4, 0.5) is 4.39 Å². The zero-order chi connectivity index (χ0) is 8.27. The van der Waals surface area contributed by atoms with Gasteiger partial charge in [0, 0.05) is 0 Å². The topological polar surface area (TPSA) is 46.2 Å². The summed E-state index contributed by atoms with van der Waals surface area (Å²) in [6.07, 6.45) is 0.504. The average Bonchev–Trinajstić information content (AvgIpc) is 1.98. The summed E-state index contributed by atoms with van der Waals surface area (Å²) in [6, 6.07) is 3.85. The normalized spacial score (nSPS) is 10.0. The predicted molar refractivity (Wildman–Crippen MR) is 40.8 cm³/mol. The Balaban J connectivity index is 2.93. The number of phenolic OH excluding ortho intramolecular Hbond substituents is 1. The highest BCUT2D eigenvalue weighted by Crippen LogP contribution is 2.17. The second-order valence-electron chi connectivity index (χ2n) is 2.31. The molecule has 0 heterocycles. The van der Waals surface area contributed by atoms with Crippen molar-refractivity contribution in [2.45, 2.75) is 6.42 Å². The summed E-state index contributed by atoms with van der Waals surface area (Å²) >= 11 is 0. The van der Waals surface area contributed by atoms with E-state index in [-0.39, 0.29) is 11.6 Å². The predicted octanol–water partition coefficient (Wildman–Crippen LogP) is 1.03. The maximum atomic E-state index is 12.5. The number of rotatable bonds is 2. The highest BCUT2D eigenvalue weighted by Gasteiger charge is 2.00. The van der Waals surface area contributed by atoms with E-state index in [1.165, 1.54) is 18.2 Å². The number of benzene rings is 1. The summed E-state index contributed by atoms with van der Waals surface area (Å²) in [6.45, 7) is 0.414. The van der Waals surface area contributed by atoms with Gasteiger partial charge in [0.15, 0.2) is 0 Å².